The zero-order chi connectivity index (χ0) is 10.8. The van der Waals surface area contributed by atoms with E-state index in [1.807, 2.05) is 0 Å². The van der Waals surface area contributed by atoms with Crippen LogP contribution in [-0.4, -0.2) is 6.54 Å². The van der Waals surface area contributed by atoms with Crippen molar-refractivity contribution in [1.29, 1.82) is 0 Å². The average molecular weight is 211 g/mol. The molecule has 1 unspecified atom stereocenters. The van der Waals surface area contributed by atoms with Gasteiger partial charge in [0.1, 0.15) is 6.04 Å². The van der Waals surface area contributed by atoms with E-state index in [4.69, 9.17) is 0 Å². The fourth-order valence-electron chi connectivity index (χ4n) is 2.36. The van der Waals surface area contributed by atoms with E-state index in [0.717, 1.165) is 13.0 Å². The molecule has 0 aliphatic carbocycles. The molecular formula is C14H15N2+. The van der Waals surface area contributed by atoms with Gasteiger partial charge in [0.05, 0.1) is 12.7 Å². The first-order chi connectivity index (χ1) is 7.95. The smallest absolute Gasteiger partial charge is 0.274 e. The van der Waals surface area contributed by atoms with Gasteiger partial charge in [0, 0.05) is 12.5 Å². The lowest BCUT2D eigenvalue weighted by Crippen LogP contribution is -2.46. The summed E-state index contributed by atoms with van der Waals surface area (Å²) in [6.07, 6.45) is 3.30. The fraction of sp³-hybridized carbons (Fsp3) is 0.214. The summed E-state index contributed by atoms with van der Waals surface area (Å²) in [6, 6.07) is 17.5. The molecular weight excluding hydrogens is 196 g/mol. The van der Waals surface area contributed by atoms with Gasteiger partial charge >= 0.3 is 0 Å². The molecule has 1 aliphatic heterocycles. The van der Waals surface area contributed by atoms with Crippen molar-refractivity contribution in [3.05, 3.63) is 60.3 Å². The third kappa shape index (κ3) is 1.56. The number of benzene rings is 1. The Hall–Kier alpha value is -1.83. The fourth-order valence-corrected chi connectivity index (χ4v) is 2.36. The van der Waals surface area contributed by atoms with E-state index in [9.17, 15) is 0 Å². The summed E-state index contributed by atoms with van der Waals surface area (Å²) in [6.45, 7) is 1.05. The van der Waals surface area contributed by atoms with Crippen LogP contribution in [0.1, 0.15) is 18.0 Å². The van der Waals surface area contributed by atoms with Crippen molar-refractivity contribution in [3.63, 3.8) is 0 Å². The third-order valence-corrected chi connectivity index (χ3v) is 3.13. The van der Waals surface area contributed by atoms with Gasteiger partial charge in [0.15, 0.2) is 0 Å². The van der Waals surface area contributed by atoms with Crippen LogP contribution in [0.25, 0.3) is 0 Å². The Labute approximate surface area is 95.6 Å². The van der Waals surface area contributed by atoms with E-state index in [2.05, 4.69) is 64.6 Å². The molecule has 16 heavy (non-hydrogen) atoms. The first kappa shape index (κ1) is 9.40. The Kier molecular flexibility index (Phi) is 2.33. The van der Waals surface area contributed by atoms with Gasteiger partial charge in [-0.2, -0.15) is 0 Å². The SMILES string of the molecule is c1ccc(C2CCNc3cccc[n+]32)cc1. The molecule has 0 saturated heterocycles. The van der Waals surface area contributed by atoms with E-state index in [1.165, 1.54) is 11.4 Å². The molecule has 1 aliphatic rings. The summed E-state index contributed by atoms with van der Waals surface area (Å²) >= 11 is 0. The molecule has 80 valence electrons. The van der Waals surface area contributed by atoms with E-state index in [0.29, 0.717) is 6.04 Å². The minimum atomic E-state index is 0.471. The lowest BCUT2D eigenvalue weighted by Gasteiger charge is -2.22. The maximum atomic E-state index is 3.43. The van der Waals surface area contributed by atoms with Gasteiger partial charge < -0.3 is 0 Å². The predicted molar refractivity (Wildman–Crippen MR) is 64.3 cm³/mol. The number of hydrogen-bond acceptors (Lipinski definition) is 1. The van der Waals surface area contributed by atoms with Gasteiger partial charge in [-0.15, -0.1) is 0 Å². The van der Waals surface area contributed by atoms with Gasteiger partial charge in [0.2, 0.25) is 0 Å². The molecule has 0 amide bonds. The standard InChI is InChI=1S/C14H14N2/c1-2-6-12(7-3-1)13-9-10-15-14-8-4-5-11-16(13)14/h1-8,11,13H,9-10H2/p+1. The number of hydrogen-bond donors (Lipinski definition) is 1. The molecule has 1 aromatic heterocycles. The minimum Gasteiger partial charge on any atom is -0.274 e. The molecule has 0 radical (unpaired) electrons. The van der Waals surface area contributed by atoms with Crippen molar-refractivity contribution in [3.8, 4) is 0 Å². The largest absolute Gasteiger partial charge is 0.274 e. The second-order valence-electron chi connectivity index (χ2n) is 4.14. The van der Waals surface area contributed by atoms with Gasteiger partial charge in [-0.25, -0.2) is 4.57 Å². The number of pyridine rings is 1. The zero-order valence-corrected chi connectivity index (χ0v) is 9.13. The quantitative estimate of drug-likeness (QED) is 0.716. The number of nitrogens with one attached hydrogen (secondary N) is 1. The highest BCUT2D eigenvalue weighted by molar-refractivity contribution is 5.30. The normalized spacial score (nSPS) is 18.6. The molecule has 2 heteroatoms. The van der Waals surface area contributed by atoms with Crippen molar-refractivity contribution < 1.29 is 4.57 Å². The van der Waals surface area contributed by atoms with E-state index < -0.39 is 0 Å². The van der Waals surface area contributed by atoms with Crippen LogP contribution >= 0.6 is 0 Å². The summed E-state index contributed by atoms with van der Waals surface area (Å²) in [5.41, 5.74) is 1.39. The summed E-state index contributed by atoms with van der Waals surface area (Å²) in [4.78, 5) is 0. The number of anilines is 1. The number of fused-ring (bicyclic) bond motifs is 1. The van der Waals surface area contributed by atoms with Crippen LogP contribution in [0, 0.1) is 0 Å². The van der Waals surface area contributed by atoms with Crippen LogP contribution in [0.5, 0.6) is 0 Å². The predicted octanol–water partition coefficient (Wildman–Crippen LogP) is 2.38. The van der Waals surface area contributed by atoms with Crippen molar-refractivity contribution in [1.82, 2.24) is 0 Å². The molecule has 2 nitrogen and oxygen atoms in total. The van der Waals surface area contributed by atoms with Crippen LogP contribution in [0.4, 0.5) is 5.82 Å². The Morgan fingerprint density at radius 1 is 1.00 bits per heavy atom. The van der Waals surface area contributed by atoms with Crippen molar-refractivity contribution >= 4 is 5.82 Å². The monoisotopic (exact) mass is 211 g/mol. The highest BCUT2D eigenvalue weighted by atomic mass is 15.1. The first-order valence-electron chi connectivity index (χ1n) is 5.74. The molecule has 1 aromatic carbocycles. The molecule has 2 heterocycles. The van der Waals surface area contributed by atoms with Crippen LogP contribution in [0.3, 0.4) is 0 Å². The van der Waals surface area contributed by atoms with Gasteiger partial charge in [0.25, 0.3) is 5.82 Å². The summed E-state index contributed by atoms with van der Waals surface area (Å²) in [5.74, 6) is 1.21. The summed E-state index contributed by atoms with van der Waals surface area (Å²) < 4.78 is 2.32. The summed E-state index contributed by atoms with van der Waals surface area (Å²) in [5, 5.41) is 3.43. The highest BCUT2D eigenvalue weighted by Crippen LogP contribution is 2.21. The van der Waals surface area contributed by atoms with Gasteiger partial charge in [-0.05, 0) is 11.6 Å². The zero-order valence-electron chi connectivity index (χ0n) is 9.13. The van der Waals surface area contributed by atoms with Crippen molar-refractivity contribution in [2.24, 2.45) is 0 Å². The Bertz CT molecular complexity index is 479. The number of rotatable bonds is 1. The average Bonchev–Trinajstić information content (AvgIpc) is 2.39. The lowest BCUT2D eigenvalue weighted by atomic mass is 10.0. The molecule has 1 N–H and O–H groups in total. The molecule has 3 rings (SSSR count). The van der Waals surface area contributed by atoms with E-state index >= 15 is 0 Å². The minimum absolute atomic E-state index is 0.471. The van der Waals surface area contributed by atoms with Crippen molar-refractivity contribution in [2.75, 3.05) is 11.9 Å². The van der Waals surface area contributed by atoms with Crippen LogP contribution in [0.2, 0.25) is 0 Å². The summed E-state index contributed by atoms with van der Waals surface area (Å²) in [7, 11) is 0. The third-order valence-electron chi connectivity index (χ3n) is 3.13. The number of aromatic nitrogens is 1. The topological polar surface area (TPSA) is 15.9 Å². The maximum absolute atomic E-state index is 3.43. The van der Waals surface area contributed by atoms with Crippen molar-refractivity contribution in [2.45, 2.75) is 12.5 Å². The molecule has 0 bridgehead atoms. The number of nitrogens with zero attached hydrogens (tertiary/aromatic N) is 1. The molecule has 0 saturated carbocycles. The maximum Gasteiger partial charge on any atom is 0.274 e. The molecule has 2 aromatic rings. The second-order valence-corrected chi connectivity index (χ2v) is 4.14. The van der Waals surface area contributed by atoms with E-state index in [-0.39, 0.29) is 0 Å². The van der Waals surface area contributed by atoms with E-state index in [1.54, 1.807) is 0 Å². The first-order valence-corrected chi connectivity index (χ1v) is 5.74. The Morgan fingerprint density at radius 2 is 1.81 bits per heavy atom. The van der Waals surface area contributed by atoms with Gasteiger partial charge in [-0.3, -0.25) is 5.32 Å². The van der Waals surface area contributed by atoms with Crippen LogP contribution in [0.15, 0.2) is 54.7 Å². The van der Waals surface area contributed by atoms with Gasteiger partial charge in [-0.1, -0.05) is 36.4 Å². The highest BCUT2D eigenvalue weighted by Gasteiger charge is 2.25. The Morgan fingerprint density at radius 3 is 2.69 bits per heavy atom. The second kappa shape index (κ2) is 3.97. The van der Waals surface area contributed by atoms with Crippen LogP contribution < -0.4 is 9.88 Å². The Balaban J connectivity index is 2.05. The van der Waals surface area contributed by atoms with Crippen LogP contribution in [-0.2, 0) is 0 Å². The lowest BCUT2D eigenvalue weighted by molar-refractivity contribution is -0.704. The molecule has 0 spiro atoms. The molecule has 0 fully saturated rings. The molecule has 1 atom stereocenters.